The lowest BCUT2D eigenvalue weighted by atomic mass is 10.1. The van der Waals surface area contributed by atoms with Gasteiger partial charge in [-0.3, -0.25) is 4.79 Å². The highest BCUT2D eigenvalue weighted by molar-refractivity contribution is 6.31. The number of aldehydes is 1. The summed E-state index contributed by atoms with van der Waals surface area (Å²) in [7, 11) is 0. The molecular weight excluding hydrogens is 368 g/mol. The second-order valence-corrected chi connectivity index (χ2v) is 5.68. The first-order valence-electron chi connectivity index (χ1n) is 8.29. The summed E-state index contributed by atoms with van der Waals surface area (Å²) in [4.78, 5) is 17.4. The van der Waals surface area contributed by atoms with Crippen molar-refractivity contribution in [3.8, 4) is 0 Å². The predicted octanol–water partition coefficient (Wildman–Crippen LogP) is 1.88. The number of aryl methyl sites for hydroxylation is 1. The predicted molar refractivity (Wildman–Crippen MR) is 110 cm³/mol. The van der Waals surface area contributed by atoms with Gasteiger partial charge >= 0.3 is 0 Å². The van der Waals surface area contributed by atoms with Gasteiger partial charge in [0.25, 0.3) is 0 Å². The Bertz CT molecular complexity index is 682. The number of anilines is 2. The second kappa shape index (κ2) is 14.6. The normalized spacial score (nSPS) is 9.44. The molecule has 2 rings (SSSR count). The molecule has 0 unspecified atom stereocenters. The molecule has 0 amide bonds. The van der Waals surface area contributed by atoms with E-state index in [1.54, 1.807) is 0 Å². The van der Waals surface area contributed by atoms with Crippen molar-refractivity contribution in [3.05, 3.63) is 46.2 Å². The lowest BCUT2D eigenvalue weighted by Crippen LogP contribution is -2.04. The van der Waals surface area contributed by atoms with E-state index in [9.17, 15) is 4.79 Å². The lowest BCUT2D eigenvalue weighted by molar-refractivity contribution is 0.111. The van der Waals surface area contributed by atoms with Gasteiger partial charge in [-0.1, -0.05) is 35.9 Å². The van der Waals surface area contributed by atoms with Gasteiger partial charge in [0.2, 0.25) is 0 Å². The maximum Gasteiger partial charge on any atom is 0.172 e. The number of hydrogen-bond acceptors (Lipinski definition) is 8. The molecule has 0 spiro atoms. The molecule has 2 aromatic rings. The summed E-state index contributed by atoms with van der Waals surface area (Å²) >= 11 is 5.45. The largest absolute Gasteiger partial charge is 0.396 e. The molecule has 0 saturated heterocycles. The highest BCUT2D eigenvalue weighted by atomic mass is 35.5. The van der Waals surface area contributed by atoms with Gasteiger partial charge in [-0.05, 0) is 50.1 Å². The van der Waals surface area contributed by atoms with Gasteiger partial charge in [-0.2, -0.15) is 0 Å². The molecular formula is C18H27ClN6O2. The Labute approximate surface area is 164 Å². The van der Waals surface area contributed by atoms with E-state index in [2.05, 4.69) is 41.0 Å². The molecule has 148 valence electrons. The van der Waals surface area contributed by atoms with Crippen LogP contribution in [-0.2, 0) is 12.8 Å². The van der Waals surface area contributed by atoms with E-state index in [4.69, 9.17) is 39.3 Å². The van der Waals surface area contributed by atoms with Gasteiger partial charge in [0.15, 0.2) is 23.1 Å². The third kappa shape index (κ3) is 9.64. The number of benzene rings is 1. The van der Waals surface area contributed by atoms with Crippen LogP contribution in [0.1, 0.15) is 34.5 Å². The molecule has 1 heterocycles. The topological polar surface area (TPSA) is 165 Å². The van der Waals surface area contributed by atoms with Crippen LogP contribution in [0.3, 0.4) is 0 Å². The standard InChI is InChI=1S/C12H19NO.C5H5ClN4O.CH3N/c13-9-2-1-3-11-4-6-12(7-5-11)8-10-14;6-3-5(8)10-4(7)2(1-11)9-3;1-2/h4-7,14H,1-3,8-10,13H2;1H,(H4,7,8,10);2H,1H2. The number of carbonyl (C=O) groups excluding carboxylic acids is 1. The molecule has 0 radical (unpaired) electrons. The van der Waals surface area contributed by atoms with Crippen LogP contribution in [0, 0.1) is 5.41 Å². The van der Waals surface area contributed by atoms with Gasteiger partial charge in [-0.15, -0.1) is 0 Å². The number of aromatic nitrogens is 2. The summed E-state index contributed by atoms with van der Waals surface area (Å²) in [6, 6.07) is 8.46. The van der Waals surface area contributed by atoms with Gasteiger partial charge in [0, 0.05) is 6.61 Å². The first kappa shape index (κ1) is 24.5. The smallest absolute Gasteiger partial charge is 0.172 e. The molecule has 27 heavy (non-hydrogen) atoms. The fraction of sp³-hybridized carbons (Fsp3) is 0.333. The fourth-order valence-corrected chi connectivity index (χ4v) is 2.15. The van der Waals surface area contributed by atoms with E-state index in [0.717, 1.165) is 32.2 Å². The molecule has 0 aliphatic carbocycles. The third-order valence-corrected chi connectivity index (χ3v) is 3.67. The molecule has 1 aromatic carbocycles. The fourth-order valence-electron chi connectivity index (χ4n) is 2.02. The number of hydrogen-bond donors (Lipinski definition) is 5. The summed E-state index contributed by atoms with van der Waals surface area (Å²) in [5, 5.41) is 14.2. The minimum Gasteiger partial charge on any atom is -0.396 e. The highest BCUT2D eigenvalue weighted by Gasteiger charge is 2.05. The zero-order chi connectivity index (χ0) is 20.7. The van der Waals surface area contributed by atoms with Crippen LogP contribution in [0.25, 0.3) is 0 Å². The monoisotopic (exact) mass is 394 g/mol. The second-order valence-electron chi connectivity index (χ2n) is 5.32. The molecule has 0 saturated carbocycles. The van der Waals surface area contributed by atoms with Crippen LogP contribution in [0.2, 0.25) is 5.15 Å². The lowest BCUT2D eigenvalue weighted by Gasteiger charge is -2.02. The van der Waals surface area contributed by atoms with E-state index in [0.29, 0.717) is 6.29 Å². The number of carbonyl (C=O) groups is 1. The van der Waals surface area contributed by atoms with Gasteiger partial charge in [-0.25, -0.2) is 9.97 Å². The van der Waals surface area contributed by atoms with Gasteiger partial charge in [0.1, 0.15) is 5.69 Å². The third-order valence-electron chi connectivity index (χ3n) is 3.39. The molecule has 0 fully saturated rings. The molecule has 8 N–H and O–H groups in total. The van der Waals surface area contributed by atoms with Crippen LogP contribution in [0.5, 0.6) is 0 Å². The average molecular weight is 395 g/mol. The van der Waals surface area contributed by atoms with Crippen molar-refractivity contribution in [2.75, 3.05) is 24.6 Å². The SMILES string of the molecule is C=N.NCCCCc1ccc(CCO)cc1.Nc1nc(N)c(C=O)nc1Cl. The van der Waals surface area contributed by atoms with Crippen LogP contribution in [0.15, 0.2) is 24.3 Å². The number of nitrogens with one attached hydrogen (secondary N) is 1. The summed E-state index contributed by atoms with van der Waals surface area (Å²) in [5.41, 5.74) is 18.5. The summed E-state index contributed by atoms with van der Waals surface area (Å²) < 4.78 is 0. The Balaban J connectivity index is 0.000000469. The zero-order valence-corrected chi connectivity index (χ0v) is 16.0. The zero-order valence-electron chi connectivity index (χ0n) is 15.2. The van der Waals surface area contributed by atoms with Gasteiger partial charge < -0.3 is 27.7 Å². The average Bonchev–Trinajstić information content (AvgIpc) is 2.68. The number of unbranched alkanes of at least 4 members (excludes halogenated alkanes) is 1. The van der Waals surface area contributed by atoms with E-state index >= 15 is 0 Å². The van der Waals surface area contributed by atoms with Crippen molar-refractivity contribution in [1.29, 1.82) is 5.41 Å². The number of aliphatic hydroxyl groups is 1. The van der Waals surface area contributed by atoms with Crippen LogP contribution < -0.4 is 17.2 Å². The Hall–Kier alpha value is -2.55. The first-order valence-corrected chi connectivity index (χ1v) is 8.67. The number of halogens is 1. The van der Waals surface area contributed by atoms with E-state index in [-0.39, 0.29) is 29.1 Å². The first-order chi connectivity index (χ1) is 13.0. The number of rotatable bonds is 7. The Morgan fingerprint density at radius 1 is 1.04 bits per heavy atom. The van der Waals surface area contributed by atoms with Crippen molar-refractivity contribution < 1.29 is 9.90 Å². The van der Waals surface area contributed by atoms with Crippen LogP contribution in [0.4, 0.5) is 11.6 Å². The number of nitrogens with two attached hydrogens (primary N) is 3. The molecule has 0 aliphatic heterocycles. The molecule has 0 atom stereocenters. The Kier molecular flexibility index (Phi) is 13.2. The van der Waals surface area contributed by atoms with Crippen molar-refractivity contribution in [3.63, 3.8) is 0 Å². The summed E-state index contributed by atoms with van der Waals surface area (Å²) in [5.74, 6) is 0.0108. The Morgan fingerprint density at radius 3 is 2.07 bits per heavy atom. The minimum atomic E-state index is -0.0127. The number of nitrogens with zero attached hydrogens (tertiary/aromatic N) is 2. The van der Waals surface area contributed by atoms with Crippen LogP contribution >= 0.6 is 11.6 Å². The minimum absolute atomic E-state index is 0.00389. The maximum absolute atomic E-state index is 10.2. The van der Waals surface area contributed by atoms with Crippen LogP contribution in [-0.4, -0.2) is 41.2 Å². The van der Waals surface area contributed by atoms with Crippen molar-refractivity contribution in [2.24, 2.45) is 5.73 Å². The molecule has 0 aliphatic rings. The van der Waals surface area contributed by atoms with E-state index < -0.39 is 0 Å². The Morgan fingerprint density at radius 2 is 1.59 bits per heavy atom. The molecule has 1 aromatic heterocycles. The summed E-state index contributed by atoms with van der Waals surface area (Å²) in [6.45, 7) is 3.51. The van der Waals surface area contributed by atoms with E-state index in [1.165, 1.54) is 11.1 Å². The summed E-state index contributed by atoms with van der Waals surface area (Å²) in [6.07, 6.45) is 4.58. The van der Waals surface area contributed by atoms with Crippen molar-refractivity contribution in [1.82, 2.24) is 9.97 Å². The maximum atomic E-state index is 10.2. The van der Waals surface area contributed by atoms with Crippen molar-refractivity contribution >= 4 is 36.2 Å². The molecule has 8 nitrogen and oxygen atoms in total. The van der Waals surface area contributed by atoms with Gasteiger partial charge in [0.05, 0.1) is 0 Å². The number of nitrogen functional groups attached to an aromatic ring is 2. The van der Waals surface area contributed by atoms with Crippen molar-refractivity contribution in [2.45, 2.75) is 25.7 Å². The quantitative estimate of drug-likeness (QED) is 0.271. The molecule has 9 heteroatoms. The molecule has 0 bridgehead atoms. The number of aliphatic hydroxyl groups excluding tert-OH is 1. The highest BCUT2D eigenvalue weighted by Crippen LogP contribution is 2.15. The van der Waals surface area contributed by atoms with E-state index in [1.807, 2.05) is 0 Å².